The van der Waals surface area contributed by atoms with Crippen molar-refractivity contribution in [1.29, 1.82) is 0 Å². The highest BCUT2D eigenvalue weighted by Gasteiger charge is 2.16. The van der Waals surface area contributed by atoms with E-state index in [1.807, 2.05) is 19.1 Å². The molecule has 0 unspecified atom stereocenters. The summed E-state index contributed by atoms with van der Waals surface area (Å²) in [5, 5.41) is 13.6. The monoisotopic (exact) mass is 361 g/mol. The molecular weight excluding hydrogens is 346 g/mol. The number of fused-ring (bicyclic) bond motifs is 2. The van der Waals surface area contributed by atoms with Crippen molar-refractivity contribution in [2.45, 2.75) is 13.5 Å². The first-order chi connectivity index (χ1) is 13.0. The van der Waals surface area contributed by atoms with Crippen molar-refractivity contribution in [3.8, 4) is 0 Å². The fourth-order valence-corrected chi connectivity index (χ4v) is 3.03. The molecule has 0 aliphatic carbocycles. The van der Waals surface area contributed by atoms with Gasteiger partial charge in [0.1, 0.15) is 16.9 Å². The van der Waals surface area contributed by atoms with Gasteiger partial charge in [0.25, 0.3) is 5.91 Å². The van der Waals surface area contributed by atoms with E-state index in [2.05, 4.69) is 15.3 Å². The Kier molecular flexibility index (Phi) is 4.04. The van der Waals surface area contributed by atoms with E-state index in [0.717, 1.165) is 10.9 Å². The van der Waals surface area contributed by atoms with Crippen LogP contribution in [0.15, 0.2) is 53.3 Å². The van der Waals surface area contributed by atoms with Gasteiger partial charge in [-0.2, -0.15) is 0 Å². The smallest absolute Gasteiger partial charge is 0.339 e. The second kappa shape index (κ2) is 6.53. The van der Waals surface area contributed by atoms with Gasteiger partial charge in [-0.15, -0.1) is 0 Å². The van der Waals surface area contributed by atoms with Crippen LogP contribution in [0.4, 0.5) is 0 Å². The Morgan fingerprint density at radius 1 is 1.15 bits per heavy atom. The average Bonchev–Trinajstić information content (AvgIpc) is 3.07. The first kappa shape index (κ1) is 16.7. The van der Waals surface area contributed by atoms with Crippen molar-refractivity contribution >= 4 is 33.7 Å². The van der Waals surface area contributed by atoms with Crippen LogP contribution in [0, 0.1) is 6.92 Å². The maximum Gasteiger partial charge on any atom is 0.339 e. The maximum absolute atomic E-state index is 12.5. The van der Waals surface area contributed by atoms with E-state index in [-0.39, 0.29) is 18.0 Å². The van der Waals surface area contributed by atoms with Gasteiger partial charge < -0.3 is 14.8 Å². The van der Waals surface area contributed by atoms with Crippen LogP contribution in [0.3, 0.4) is 0 Å². The van der Waals surface area contributed by atoms with Gasteiger partial charge in [-0.25, -0.2) is 4.79 Å². The Morgan fingerprint density at radius 3 is 2.81 bits per heavy atom. The Labute approximate surface area is 153 Å². The summed E-state index contributed by atoms with van der Waals surface area (Å²) in [7, 11) is 0. The zero-order valence-electron chi connectivity index (χ0n) is 14.4. The van der Waals surface area contributed by atoms with Crippen molar-refractivity contribution in [3.63, 3.8) is 0 Å². The molecule has 0 aliphatic heterocycles. The van der Waals surface area contributed by atoms with E-state index >= 15 is 0 Å². The fourth-order valence-electron chi connectivity index (χ4n) is 3.03. The number of furan rings is 1. The number of aromatic nitrogens is 2. The Hall–Kier alpha value is -3.74. The third-order valence-corrected chi connectivity index (χ3v) is 4.22. The van der Waals surface area contributed by atoms with Gasteiger partial charge >= 0.3 is 5.97 Å². The zero-order valence-corrected chi connectivity index (χ0v) is 14.4. The van der Waals surface area contributed by atoms with Crippen molar-refractivity contribution in [3.05, 3.63) is 71.4 Å². The first-order valence-corrected chi connectivity index (χ1v) is 8.26. The third kappa shape index (κ3) is 3.10. The fraction of sp³-hybridized carbons (Fsp3) is 0.100. The summed E-state index contributed by atoms with van der Waals surface area (Å²) in [4.78, 5) is 32.3. The predicted octanol–water partition coefficient (Wildman–Crippen LogP) is 3.31. The van der Waals surface area contributed by atoms with Gasteiger partial charge in [-0.05, 0) is 42.8 Å². The lowest BCUT2D eigenvalue weighted by Gasteiger charge is -2.05. The number of hydrogen-bond donors (Lipinski definition) is 2. The topological polar surface area (TPSA) is 105 Å². The predicted molar refractivity (Wildman–Crippen MR) is 98.6 cm³/mol. The van der Waals surface area contributed by atoms with E-state index in [0.29, 0.717) is 27.8 Å². The average molecular weight is 361 g/mol. The highest BCUT2D eigenvalue weighted by Crippen LogP contribution is 2.25. The van der Waals surface area contributed by atoms with Crippen LogP contribution in [0.2, 0.25) is 0 Å². The van der Waals surface area contributed by atoms with E-state index in [1.165, 1.54) is 6.20 Å². The number of aryl methyl sites for hydroxylation is 1. The summed E-state index contributed by atoms with van der Waals surface area (Å²) in [6.07, 6.45) is 4.73. The second-order valence-corrected chi connectivity index (χ2v) is 6.19. The van der Waals surface area contributed by atoms with Gasteiger partial charge in [0.15, 0.2) is 0 Å². The summed E-state index contributed by atoms with van der Waals surface area (Å²) in [5.74, 6) is -0.920. The number of carboxylic acids is 1. The van der Waals surface area contributed by atoms with Gasteiger partial charge in [0.2, 0.25) is 0 Å². The van der Waals surface area contributed by atoms with Gasteiger partial charge in [-0.1, -0.05) is 0 Å². The van der Waals surface area contributed by atoms with Crippen molar-refractivity contribution in [1.82, 2.24) is 15.3 Å². The highest BCUT2D eigenvalue weighted by molar-refractivity contribution is 6.05. The molecule has 0 radical (unpaired) electrons. The van der Waals surface area contributed by atoms with Crippen LogP contribution >= 0.6 is 0 Å². The number of aromatic carboxylic acids is 1. The zero-order chi connectivity index (χ0) is 19.0. The molecule has 7 nitrogen and oxygen atoms in total. The minimum Gasteiger partial charge on any atom is -0.478 e. The van der Waals surface area contributed by atoms with Crippen LogP contribution in [0.25, 0.3) is 21.9 Å². The summed E-state index contributed by atoms with van der Waals surface area (Å²) < 4.78 is 5.66. The molecule has 1 aromatic carbocycles. The minimum atomic E-state index is -1.05. The summed E-state index contributed by atoms with van der Waals surface area (Å²) in [5.41, 5.74) is 2.16. The standard InChI is InChI=1S/C20H15N3O4/c1-11-5-13-7-14(27-18(13)15(6-11)20(25)26)9-23-19(24)16-10-21-8-12-3-2-4-22-17(12)16/h2-8,10H,9H2,1H3,(H,23,24)(H,25,26). The van der Waals surface area contributed by atoms with Crippen LogP contribution < -0.4 is 5.32 Å². The van der Waals surface area contributed by atoms with E-state index < -0.39 is 5.97 Å². The van der Waals surface area contributed by atoms with E-state index in [9.17, 15) is 14.7 Å². The first-order valence-electron chi connectivity index (χ1n) is 8.26. The number of hydrogen-bond acceptors (Lipinski definition) is 5. The molecule has 2 N–H and O–H groups in total. The summed E-state index contributed by atoms with van der Waals surface area (Å²) in [6.45, 7) is 1.94. The number of rotatable bonds is 4. The van der Waals surface area contributed by atoms with Crippen LogP contribution in [-0.2, 0) is 6.54 Å². The molecule has 7 heteroatoms. The van der Waals surface area contributed by atoms with Crippen molar-refractivity contribution < 1.29 is 19.1 Å². The number of nitrogens with zero attached hydrogens (tertiary/aromatic N) is 2. The van der Waals surface area contributed by atoms with Crippen molar-refractivity contribution in [2.24, 2.45) is 0 Å². The molecule has 4 aromatic rings. The minimum absolute atomic E-state index is 0.102. The van der Waals surface area contributed by atoms with Crippen LogP contribution in [0.5, 0.6) is 0 Å². The molecule has 4 rings (SSSR count). The molecule has 0 spiro atoms. The number of pyridine rings is 2. The van der Waals surface area contributed by atoms with Gasteiger partial charge in [-0.3, -0.25) is 14.8 Å². The summed E-state index contributed by atoms with van der Waals surface area (Å²) in [6, 6.07) is 8.75. The highest BCUT2D eigenvalue weighted by atomic mass is 16.4. The molecule has 134 valence electrons. The molecule has 1 amide bonds. The lowest BCUT2D eigenvalue weighted by molar-refractivity contribution is 0.0697. The van der Waals surface area contributed by atoms with Crippen molar-refractivity contribution in [2.75, 3.05) is 0 Å². The molecule has 0 atom stereocenters. The van der Waals surface area contributed by atoms with Crippen LogP contribution in [0.1, 0.15) is 32.0 Å². The molecule has 3 heterocycles. The molecule has 27 heavy (non-hydrogen) atoms. The number of carbonyl (C=O) groups is 2. The number of carboxylic acid groups (broad SMARTS) is 1. The molecular formula is C20H15N3O4. The number of amides is 1. The lowest BCUT2D eigenvalue weighted by Crippen LogP contribution is -2.23. The second-order valence-electron chi connectivity index (χ2n) is 6.19. The quantitative estimate of drug-likeness (QED) is 0.578. The van der Waals surface area contributed by atoms with Gasteiger partial charge in [0, 0.05) is 29.4 Å². The van der Waals surface area contributed by atoms with E-state index in [1.54, 1.807) is 30.6 Å². The normalized spacial score (nSPS) is 11.0. The molecule has 0 saturated carbocycles. The lowest BCUT2D eigenvalue weighted by atomic mass is 10.1. The Bertz CT molecular complexity index is 1190. The molecule has 0 fully saturated rings. The maximum atomic E-state index is 12.5. The molecule has 0 saturated heterocycles. The molecule has 0 bridgehead atoms. The number of benzene rings is 1. The molecule has 0 aliphatic rings. The third-order valence-electron chi connectivity index (χ3n) is 4.22. The number of nitrogens with one attached hydrogen (secondary N) is 1. The van der Waals surface area contributed by atoms with E-state index in [4.69, 9.17) is 4.42 Å². The SMILES string of the molecule is Cc1cc(C(=O)O)c2oc(CNC(=O)c3cncc4cccnc34)cc2c1. The number of carbonyl (C=O) groups excluding carboxylic acids is 1. The largest absolute Gasteiger partial charge is 0.478 e. The molecule has 3 aromatic heterocycles. The van der Waals surface area contributed by atoms with Gasteiger partial charge in [0.05, 0.1) is 17.6 Å². The Balaban J connectivity index is 1.61. The summed E-state index contributed by atoms with van der Waals surface area (Å²) >= 11 is 0. The Morgan fingerprint density at radius 2 is 2.00 bits per heavy atom. The van der Waals surface area contributed by atoms with Crippen LogP contribution in [-0.4, -0.2) is 27.0 Å².